The lowest BCUT2D eigenvalue weighted by molar-refractivity contribution is -0.384. The van der Waals surface area contributed by atoms with Crippen molar-refractivity contribution in [2.24, 2.45) is 0 Å². The Kier molecular flexibility index (Phi) is 5.25. The van der Waals surface area contributed by atoms with Gasteiger partial charge >= 0.3 is 5.69 Å². The maximum absolute atomic E-state index is 13.1. The Bertz CT molecular complexity index is 898. The van der Waals surface area contributed by atoms with Crippen molar-refractivity contribution in [1.29, 1.82) is 0 Å². The number of rotatable bonds is 7. The van der Waals surface area contributed by atoms with Crippen LogP contribution < -0.4 is 0 Å². The average molecular weight is 363 g/mol. The lowest BCUT2D eigenvalue weighted by Crippen LogP contribution is -1.99. The summed E-state index contributed by atoms with van der Waals surface area (Å²) in [7, 11) is 0. The predicted octanol–water partition coefficient (Wildman–Crippen LogP) is 3.74. The highest BCUT2D eigenvalue weighted by molar-refractivity contribution is 7.99. The molecular formula is C16H14FN3O4S. The third kappa shape index (κ3) is 3.77. The van der Waals surface area contributed by atoms with E-state index in [2.05, 4.69) is 10.3 Å². The van der Waals surface area contributed by atoms with E-state index in [9.17, 15) is 14.5 Å². The Balaban J connectivity index is 2.05. The van der Waals surface area contributed by atoms with E-state index in [1.165, 1.54) is 23.9 Å². The second-order valence-corrected chi connectivity index (χ2v) is 6.45. The van der Waals surface area contributed by atoms with E-state index in [4.69, 9.17) is 9.74 Å². The Morgan fingerprint density at radius 1 is 1.20 bits per heavy atom. The Hall–Kier alpha value is -2.52. The van der Waals surface area contributed by atoms with E-state index < -0.39 is 4.92 Å². The molecule has 130 valence electrons. The van der Waals surface area contributed by atoms with Crippen LogP contribution in [0.3, 0.4) is 0 Å². The molecule has 0 saturated heterocycles. The zero-order valence-electron chi connectivity index (χ0n) is 13.0. The molecule has 1 heterocycles. The summed E-state index contributed by atoms with van der Waals surface area (Å²) < 4.78 is 17.8. The molecule has 0 saturated carbocycles. The summed E-state index contributed by atoms with van der Waals surface area (Å²) in [6, 6.07) is 7.61. The zero-order chi connectivity index (χ0) is 17.8. The molecule has 7 nitrogen and oxygen atoms in total. The molecule has 0 bridgehead atoms. The van der Waals surface area contributed by atoms with Crippen LogP contribution in [0, 0.1) is 15.9 Å². The van der Waals surface area contributed by atoms with Gasteiger partial charge in [0.25, 0.3) is 0 Å². The molecular weight excluding hydrogens is 349 g/mol. The quantitative estimate of drug-likeness (QED) is 0.387. The maximum Gasteiger partial charge on any atom is 0.303 e. The van der Waals surface area contributed by atoms with Crippen molar-refractivity contribution in [3.8, 4) is 0 Å². The van der Waals surface area contributed by atoms with Gasteiger partial charge in [-0.2, -0.15) is 0 Å². The van der Waals surface area contributed by atoms with Crippen molar-refractivity contribution >= 4 is 28.5 Å². The molecule has 0 radical (unpaired) electrons. The van der Waals surface area contributed by atoms with Crippen LogP contribution in [0.4, 0.5) is 10.1 Å². The topological polar surface area (TPSA) is 102 Å². The third-order valence-electron chi connectivity index (χ3n) is 3.63. The van der Waals surface area contributed by atoms with Gasteiger partial charge in [-0.3, -0.25) is 10.1 Å². The average Bonchev–Trinajstić information content (AvgIpc) is 3.06. The minimum atomic E-state index is -0.493. The lowest BCUT2D eigenvalue weighted by Gasteiger charge is -2.07. The Morgan fingerprint density at radius 2 is 1.92 bits per heavy atom. The normalized spacial score (nSPS) is 11.1. The van der Waals surface area contributed by atoms with Crippen LogP contribution in [0.5, 0.6) is 0 Å². The van der Waals surface area contributed by atoms with Gasteiger partial charge in [0.2, 0.25) is 5.52 Å². The van der Waals surface area contributed by atoms with E-state index in [0.717, 1.165) is 4.90 Å². The molecule has 1 aromatic heterocycles. The molecule has 0 unspecified atom stereocenters. The fraction of sp³-hybridized carbons (Fsp3) is 0.250. The lowest BCUT2D eigenvalue weighted by atomic mass is 10.0. The van der Waals surface area contributed by atoms with Gasteiger partial charge in [-0.15, -0.1) is 0 Å². The van der Waals surface area contributed by atoms with Gasteiger partial charge in [-0.05, 0) is 59.9 Å². The second kappa shape index (κ2) is 7.58. The number of hydrogen-bond acceptors (Lipinski definition) is 7. The predicted molar refractivity (Wildman–Crippen MR) is 89.0 cm³/mol. The standard InChI is InChI=1S/C16H14FN3O4S/c17-11-4-6-12(7-5-11)25-13-9-10(3-1-2-8-21)16(20(22)23)15-14(13)18-24-19-15/h4-7,9,21H,1-3,8H2. The van der Waals surface area contributed by atoms with Gasteiger partial charge in [0.15, 0.2) is 5.52 Å². The maximum atomic E-state index is 13.1. The number of fused-ring (bicyclic) bond motifs is 1. The van der Waals surface area contributed by atoms with Crippen LogP contribution in [0.1, 0.15) is 18.4 Å². The number of aryl methyl sites for hydroxylation is 1. The molecule has 0 fully saturated rings. The highest BCUT2D eigenvalue weighted by Crippen LogP contribution is 2.38. The van der Waals surface area contributed by atoms with E-state index in [0.29, 0.717) is 35.2 Å². The van der Waals surface area contributed by atoms with Gasteiger partial charge in [-0.1, -0.05) is 11.8 Å². The van der Waals surface area contributed by atoms with Crippen LogP contribution in [0.2, 0.25) is 0 Å². The monoisotopic (exact) mass is 363 g/mol. The minimum absolute atomic E-state index is 0.0265. The Labute approximate surface area is 146 Å². The van der Waals surface area contributed by atoms with Gasteiger partial charge in [0.05, 0.1) is 4.92 Å². The van der Waals surface area contributed by atoms with Gasteiger partial charge < -0.3 is 5.11 Å². The first-order valence-electron chi connectivity index (χ1n) is 7.57. The van der Waals surface area contributed by atoms with Crippen molar-refractivity contribution in [1.82, 2.24) is 10.3 Å². The first-order chi connectivity index (χ1) is 12.1. The van der Waals surface area contributed by atoms with E-state index in [-0.39, 0.29) is 23.6 Å². The molecule has 1 N–H and O–H groups in total. The summed E-state index contributed by atoms with van der Waals surface area (Å²) in [5, 5.41) is 27.9. The van der Waals surface area contributed by atoms with Crippen molar-refractivity contribution in [2.75, 3.05) is 6.61 Å². The molecule has 3 aromatic rings. The van der Waals surface area contributed by atoms with Crippen LogP contribution >= 0.6 is 11.8 Å². The molecule has 0 spiro atoms. The molecule has 0 aliphatic rings. The van der Waals surface area contributed by atoms with Crippen molar-refractivity contribution in [3.63, 3.8) is 0 Å². The third-order valence-corrected chi connectivity index (χ3v) is 4.67. The van der Waals surface area contributed by atoms with Gasteiger partial charge in [0.1, 0.15) is 5.82 Å². The van der Waals surface area contributed by atoms with Crippen LogP contribution in [-0.4, -0.2) is 27.0 Å². The smallest absolute Gasteiger partial charge is 0.303 e. The molecule has 3 rings (SSSR count). The van der Waals surface area contributed by atoms with Crippen molar-refractivity contribution in [3.05, 3.63) is 51.8 Å². The molecule has 0 atom stereocenters. The first kappa shape index (κ1) is 17.3. The zero-order valence-corrected chi connectivity index (χ0v) is 13.8. The summed E-state index contributed by atoms with van der Waals surface area (Å²) in [4.78, 5) is 12.4. The summed E-state index contributed by atoms with van der Waals surface area (Å²) in [5.74, 6) is -0.342. The second-order valence-electron chi connectivity index (χ2n) is 5.34. The van der Waals surface area contributed by atoms with Gasteiger partial charge in [-0.25, -0.2) is 9.02 Å². The summed E-state index contributed by atoms with van der Waals surface area (Å²) >= 11 is 1.30. The molecule has 2 aromatic carbocycles. The van der Waals surface area contributed by atoms with Crippen LogP contribution in [0.25, 0.3) is 11.0 Å². The van der Waals surface area contributed by atoms with Crippen LogP contribution in [-0.2, 0) is 6.42 Å². The molecule has 25 heavy (non-hydrogen) atoms. The number of halogens is 1. The fourth-order valence-electron chi connectivity index (χ4n) is 2.48. The van der Waals surface area contributed by atoms with E-state index in [1.807, 2.05) is 0 Å². The fourth-order valence-corrected chi connectivity index (χ4v) is 3.44. The van der Waals surface area contributed by atoms with Crippen LogP contribution in [0.15, 0.2) is 44.8 Å². The van der Waals surface area contributed by atoms with Crippen molar-refractivity contribution < 1.29 is 19.0 Å². The summed E-state index contributed by atoms with van der Waals surface area (Å²) in [6.07, 6.45) is 1.58. The van der Waals surface area contributed by atoms with E-state index in [1.54, 1.807) is 18.2 Å². The molecule has 0 aliphatic heterocycles. The van der Waals surface area contributed by atoms with Crippen molar-refractivity contribution in [2.45, 2.75) is 29.1 Å². The Morgan fingerprint density at radius 3 is 2.60 bits per heavy atom. The summed E-state index contributed by atoms with van der Waals surface area (Å²) in [5.41, 5.74) is 0.770. The summed E-state index contributed by atoms with van der Waals surface area (Å²) in [6.45, 7) is 0.0265. The molecule has 0 amide bonds. The SMILES string of the molecule is O=[N+]([O-])c1c(CCCCO)cc(Sc2ccc(F)cc2)c2nonc12. The van der Waals surface area contributed by atoms with E-state index >= 15 is 0 Å². The number of nitrogens with zero attached hydrogens (tertiary/aromatic N) is 3. The molecule has 9 heteroatoms. The molecule has 0 aliphatic carbocycles. The first-order valence-corrected chi connectivity index (χ1v) is 8.38. The number of aliphatic hydroxyl groups excluding tert-OH is 1. The number of aromatic nitrogens is 2. The highest BCUT2D eigenvalue weighted by atomic mass is 32.2. The van der Waals surface area contributed by atoms with Gasteiger partial charge in [0, 0.05) is 22.0 Å². The highest BCUT2D eigenvalue weighted by Gasteiger charge is 2.25. The number of hydrogen-bond donors (Lipinski definition) is 1. The number of benzene rings is 2. The number of nitro benzene ring substituents is 1. The largest absolute Gasteiger partial charge is 0.396 e. The number of unbranched alkanes of at least 4 members (excludes halogenated alkanes) is 1. The number of aliphatic hydroxyl groups is 1. The minimum Gasteiger partial charge on any atom is -0.396 e. The number of nitro groups is 1.